The number of nitrogens with two attached hydrogens (primary N) is 1. The van der Waals surface area contributed by atoms with E-state index in [9.17, 15) is 8.78 Å². The molecule has 0 aromatic heterocycles. The van der Waals surface area contributed by atoms with Gasteiger partial charge in [0.15, 0.2) is 0 Å². The van der Waals surface area contributed by atoms with Gasteiger partial charge in [0.1, 0.15) is 5.75 Å². The normalized spacial score (nSPS) is 12.9. The van der Waals surface area contributed by atoms with Crippen molar-refractivity contribution in [3.8, 4) is 5.75 Å². The second-order valence-electron chi connectivity index (χ2n) is 3.46. The zero-order chi connectivity index (χ0) is 11.4. The first-order valence-electron chi connectivity index (χ1n) is 4.73. The number of ether oxygens (including phenoxy) is 1. The summed E-state index contributed by atoms with van der Waals surface area (Å²) in [5, 5.41) is 0. The molecule has 0 aliphatic carbocycles. The Kier molecular flexibility index (Phi) is 4.03. The van der Waals surface area contributed by atoms with Crippen molar-refractivity contribution in [2.24, 2.45) is 5.73 Å². The molecule has 1 aromatic rings. The SMILES string of the molecule is COc1ccc([C@H](N)CC(F)F)c(C)c1. The quantitative estimate of drug-likeness (QED) is 0.838. The summed E-state index contributed by atoms with van der Waals surface area (Å²) in [7, 11) is 1.56. The number of hydrogen-bond donors (Lipinski definition) is 1. The van der Waals surface area contributed by atoms with Gasteiger partial charge in [-0.3, -0.25) is 0 Å². The van der Waals surface area contributed by atoms with E-state index in [0.29, 0.717) is 5.75 Å². The smallest absolute Gasteiger partial charge is 0.240 e. The maximum absolute atomic E-state index is 12.1. The first-order chi connectivity index (χ1) is 7.04. The van der Waals surface area contributed by atoms with Crippen LogP contribution < -0.4 is 10.5 Å². The molecule has 15 heavy (non-hydrogen) atoms. The maximum Gasteiger partial charge on any atom is 0.240 e. The third-order valence-electron chi connectivity index (χ3n) is 2.31. The van der Waals surface area contributed by atoms with Gasteiger partial charge in [-0.15, -0.1) is 0 Å². The summed E-state index contributed by atoms with van der Waals surface area (Å²) in [4.78, 5) is 0. The van der Waals surface area contributed by atoms with Crippen molar-refractivity contribution in [1.82, 2.24) is 0 Å². The van der Waals surface area contributed by atoms with Gasteiger partial charge in [-0.05, 0) is 30.2 Å². The molecule has 1 rings (SSSR count). The number of aryl methyl sites for hydroxylation is 1. The van der Waals surface area contributed by atoms with Crippen LogP contribution >= 0.6 is 0 Å². The highest BCUT2D eigenvalue weighted by molar-refractivity contribution is 5.36. The maximum atomic E-state index is 12.1. The monoisotopic (exact) mass is 215 g/mol. The Balaban J connectivity index is 2.85. The van der Waals surface area contributed by atoms with Crippen molar-refractivity contribution in [3.63, 3.8) is 0 Å². The van der Waals surface area contributed by atoms with Crippen molar-refractivity contribution in [2.75, 3.05) is 7.11 Å². The average Bonchev–Trinajstić information content (AvgIpc) is 2.16. The van der Waals surface area contributed by atoms with Crippen molar-refractivity contribution in [1.29, 1.82) is 0 Å². The Morgan fingerprint density at radius 3 is 2.53 bits per heavy atom. The van der Waals surface area contributed by atoms with Crippen LogP contribution in [0.25, 0.3) is 0 Å². The van der Waals surface area contributed by atoms with E-state index in [0.717, 1.165) is 11.1 Å². The molecular formula is C11H15F2NO. The molecule has 2 N–H and O–H groups in total. The molecule has 4 heteroatoms. The van der Waals surface area contributed by atoms with Crippen LogP contribution in [0.2, 0.25) is 0 Å². The standard InChI is InChI=1S/C11H15F2NO/c1-7-5-8(15-2)3-4-9(7)10(14)6-11(12)13/h3-5,10-11H,6,14H2,1-2H3/t10-/m1/s1. The molecule has 0 bridgehead atoms. The summed E-state index contributed by atoms with van der Waals surface area (Å²) in [6.45, 7) is 1.84. The van der Waals surface area contributed by atoms with E-state index in [2.05, 4.69) is 0 Å². The summed E-state index contributed by atoms with van der Waals surface area (Å²) in [6.07, 6.45) is -2.69. The molecule has 0 fully saturated rings. The summed E-state index contributed by atoms with van der Waals surface area (Å²) < 4.78 is 29.3. The number of methoxy groups -OCH3 is 1. The Morgan fingerprint density at radius 1 is 1.40 bits per heavy atom. The molecule has 0 radical (unpaired) electrons. The molecule has 0 spiro atoms. The van der Waals surface area contributed by atoms with E-state index in [-0.39, 0.29) is 6.42 Å². The van der Waals surface area contributed by atoms with E-state index in [1.807, 2.05) is 6.92 Å². The van der Waals surface area contributed by atoms with Gasteiger partial charge in [-0.1, -0.05) is 6.07 Å². The second kappa shape index (κ2) is 5.07. The fourth-order valence-corrected chi connectivity index (χ4v) is 1.51. The summed E-state index contributed by atoms with van der Waals surface area (Å²) >= 11 is 0. The van der Waals surface area contributed by atoms with E-state index in [1.54, 1.807) is 25.3 Å². The van der Waals surface area contributed by atoms with Gasteiger partial charge >= 0.3 is 0 Å². The molecule has 84 valence electrons. The van der Waals surface area contributed by atoms with Crippen LogP contribution in [-0.4, -0.2) is 13.5 Å². The zero-order valence-corrected chi connectivity index (χ0v) is 8.84. The second-order valence-corrected chi connectivity index (χ2v) is 3.46. The zero-order valence-electron chi connectivity index (χ0n) is 8.84. The van der Waals surface area contributed by atoms with E-state index in [4.69, 9.17) is 10.5 Å². The van der Waals surface area contributed by atoms with Gasteiger partial charge in [-0.25, -0.2) is 8.78 Å². The summed E-state index contributed by atoms with van der Waals surface area (Å²) in [5.41, 5.74) is 7.29. The number of hydrogen-bond acceptors (Lipinski definition) is 2. The van der Waals surface area contributed by atoms with E-state index < -0.39 is 12.5 Å². The van der Waals surface area contributed by atoms with Gasteiger partial charge < -0.3 is 10.5 Å². The molecule has 0 aliphatic heterocycles. The molecule has 1 atom stereocenters. The topological polar surface area (TPSA) is 35.2 Å². The van der Waals surface area contributed by atoms with Crippen molar-refractivity contribution < 1.29 is 13.5 Å². The first-order valence-corrected chi connectivity index (χ1v) is 4.73. The lowest BCUT2D eigenvalue weighted by Gasteiger charge is -2.14. The van der Waals surface area contributed by atoms with Gasteiger partial charge in [0.2, 0.25) is 6.43 Å². The van der Waals surface area contributed by atoms with Crippen molar-refractivity contribution in [3.05, 3.63) is 29.3 Å². The van der Waals surface area contributed by atoms with Crippen LogP contribution in [0.1, 0.15) is 23.6 Å². The van der Waals surface area contributed by atoms with Gasteiger partial charge in [0, 0.05) is 12.5 Å². The molecule has 1 aromatic carbocycles. The fraction of sp³-hybridized carbons (Fsp3) is 0.455. The Hall–Kier alpha value is -1.16. The van der Waals surface area contributed by atoms with E-state index in [1.165, 1.54) is 0 Å². The predicted molar refractivity (Wildman–Crippen MR) is 55.3 cm³/mol. The van der Waals surface area contributed by atoms with Crippen LogP contribution in [0.15, 0.2) is 18.2 Å². The van der Waals surface area contributed by atoms with Crippen LogP contribution in [-0.2, 0) is 0 Å². The van der Waals surface area contributed by atoms with Crippen LogP contribution in [0, 0.1) is 6.92 Å². The first kappa shape index (κ1) is 11.9. The lowest BCUT2D eigenvalue weighted by Crippen LogP contribution is -2.15. The third kappa shape index (κ3) is 3.16. The summed E-state index contributed by atoms with van der Waals surface area (Å²) in [6, 6.07) is 4.64. The minimum absolute atomic E-state index is 0.312. The van der Waals surface area contributed by atoms with Crippen LogP contribution in [0.3, 0.4) is 0 Å². The average molecular weight is 215 g/mol. The number of alkyl halides is 2. The predicted octanol–water partition coefficient (Wildman–Crippen LogP) is 2.66. The van der Waals surface area contributed by atoms with Crippen LogP contribution in [0.5, 0.6) is 5.75 Å². The molecule has 2 nitrogen and oxygen atoms in total. The highest BCUT2D eigenvalue weighted by atomic mass is 19.3. The largest absolute Gasteiger partial charge is 0.497 e. The van der Waals surface area contributed by atoms with Crippen molar-refractivity contribution in [2.45, 2.75) is 25.8 Å². The Morgan fingerprint density at radius 2 is 2.07 bits per heavy atom. The highest BCUT2D eigenvalue weighted by Crippen LogP contribution is 2.24. The molecule has 0 unspecified atom stereocenters. The Bertz CT molecular complexity index is 328. The lowest BCUT2D eigenvalue weighted by molar-refractivity contribution is 0.128. The molecule has 0 heterocycles. The molecule has 0 amide bonds. The molecule has 0 saturated carbocycles. The van der Waals surface area contributed by atoms with Crippen molar-refractivity contribution >= 4 is 0 Å². The molecule has 0 saturated heterocycles. The number of rotatable bonds is 4. The van der Waals surface area contributed by atoms with Gasteiger partial charge in [0.25, 0.3) is 0 Å². The highest BCUT2D eigenvalue weighted by Gasteiger charge is 2.14. The molecule has 0 aliphatic rings. The Labute approximate surface area is 88.0 Å². The lowest BCUT2D eigenvalue weighted by atomic mass is 9.99. The molecular weight excluding hydrogens is 200 g/mol. The van der Waals surface area contributed by atoms with Crippen LogP contribution in [0.4, 0.5) is 8.78 Å². The van der Waals surface area contributed by atoms with Gasteiger partial charge in [0.05, 0.1) is 7.11 Å². The minimum Gasteiger partial charge on any atom is -0.497 e. The summed E-state index contributed by atoms with van der Waals surface area (Å²) in [5.74, 6) is 0.709. The number of halogens is 2. The van der Waals surface area contributed by atoms with Gasteiger partial charge in [-0.2, -0.15) is 0 Å². The van der Waals surface area contributed by atoms with E-state index >= 15 is 0 Å². The minimum atomic E-state index is -2.37. The number of benzene rings is 1. The third-order valence-corrected chi connectivity index (χ3v) is 2.31. The fourth-order valence-electron chi connectivity index (χ4n) is 1.51.